The highest BCUT2D eigenvalue weighted by Gasteiger charge is 2.19. The van der Waals surface area contributed by atoms with E-state index in [-0.39, 0.29) is 11.4 Å². The van der Waals surface area contributed by atoms with Crippen LogP contribution in [0.1, 0.15) is 10.4 Å². The van der Waals surface area contributed by atoms with Crippen molar-refractivity contribution in [3.8, 4) is 0 Å². The molecular weight excluding hydrogens is 299 g/mol. The summed E-state index contributed by atoms with van der Waals surface area (Å²) in [6.45, 7) is 0.561. The van der Waals surface area contributed by atoms with Gasteiger partial charge in [-0.2, -0.15) is 0 Å². The maximum atomic E-state index is 13.3. The summed E-state index contributed by atoms with van der Waals surface area (Å²) in [5, 5.41) is 4.75. The van der Waals surface area contributed by atoms with E-state index in [2.05, 4.69) is 10.0 Å². The highest BCUT2D eigenvalue weighted by molar-refractivity contribution is 7.89. The number of hydrogen-bond acceptors (Lipinski definition) is 4. The summed E-state index contributed by atoms with van der Waals surface area (Å²) < 4.78 is 40.4. The molecule has 1 aromatic heterocycles. The van der Waals surface area contributed by atoms with Gasteiger partial charge in [-0.25, -0.2) is 17.5 Å². The highest BCUT2D eigenvalue weighted by atomic mass is 32.2. The molecule has 0 aliphatic heterocycles. The van der Waals surface area contributed by atoms with Gasteiger partial charge in [0.25, 0.3) is 0 Å². The second kappa shape index (κ2) is 6.45. The minimum Gasteiger partial charge on any atom is -0.316 e. The molecule has 0 saturated carbocycles. The van der Waals surface area contributed by atoms with Crippen LogP contribution < -0.4 is 10.0 Å². The van der Waals surface area contributed by atoms with Crippen LogP contribution in [0.25, 0.3) is 0 Å². The van der Waals surface area contributed by atoms with Gasteiger partial charge in [-0.15, -0.1) is 11.3 Å². The average Bonchev–Trinajstić information content (AvgIpc) is 2.92. The van der Waals surface area contributed by atoms with Crippen molar-refractivity contribution in [3.63, 3.8) is 0 Å². The predicted molar refractivity (Wildman–Crippen MR) is 77.5 cm³/mol. The van der Waals surface area contributed by atoms with E-state index in [9.17, 15) is 12.8 Å². The maximum absolute atomic E-state index is 13.3. The van der Waals surface area contributed by atoms with Gasteiger partial charge in [0.05, 0.1) is 4.90 Å². The molecule has 0 bridgehead atoms. The van der Waals surface area contributed by atoms with Gasteiger partial charge >= 0.3 is 0 Å². The van der Waals surface area contributed by atoms with Crippen LogP contribution in [0.2, 0.25) is 0 Å². The van der Waals surface area contributed by atoms with Crippen molar-refractivity contribution in [1.82, 2.24) is 10.0 Å². The van der Waals surface area contributed by atoms with Crippen molar-refractivity contribution in [1.29, 1.82) is 0 Å². The molecule has 0 radical (unpaired) electrons. The summed E-state index contributed by atoms with van der Waals surface area (Å²) in [6, 6.07) is 7.47. The maximum Gasteiger partial charge on any atom is 0.241 e. The molecule has 108 valence electrons. The Kier molecular flexibility index (Phi) is 4.87. The zero-order valence-corrected chi connectivity index (χ0v) is 12.5. The first-order valence-corrected chi connectivity index (χ1v) is 8.34. The molecule has 2 N–H and O–H groups in total. The third kappa shape index (κ3) is 3.63. The molecule has 0 aliphatic rings. The van der Waals surface area contributed by atoms with Crippen molar-refractivity contribution in [2.24, 2.45) is 0 Å². The molecule has 7 heteroatoms. The van der Waals surface area contributed by atoms with Crippen LogP contribution in [-0.4, -0.2) is 15.5 Å². The second-order valence-electron chi connectivity index (χ2n) is 4.19. The third-order valence-corrected chi connectivity index (χ3v) is 5.06. The first-order chi connectivity index (χ1) is 9.53. The van der Waals surface area contributed by atoms with E-state index in [0.29, 0.717) is 12.1 Å². The van der Waals surface area contributed by atoms with Gasteiger partial charge in [0.15, 0.2) is 0 Å². The topological polar surface area (TPSA) is 58.2 Å². The molecule has 0 unspecified atom stereocenters. The Bertz CT molecular complexity index is 670. The van der Waals surface area contributed by atoms with Crippen molar-refractivity contribution < 1.29 is 12.8 Å². The molecule has 1 heterocycles. The zero-order valence-electron chi connectivity index (χ0n) is 10.9. The fraction of sp³-hybridized carbons (Fsp3) is 0.231. The molecule has 0 atom stereocenters. The van der Waals surface area contributed by atoms with E-state index >= 15 is 0 Å². The van der Waals surface area contributed by atoms with Crippen molar-refractivity contribution in [2.45, 2.75) is 18.0 Å². The van der Waals surface area contributed by atoms with Crippen LogP contribution in [0.15, 0.2) is 40.6 Å². The van der Waals surface area contributed by atoms with Crippen LogP contribution in [0.3, 0.4) is 0 Å². The number of benzene rings is 1. The number of halogens is 1. The van der Waals surface area contributed by atoms with Crippen molar-refractivity contribution >= 4 is 21.4 Å². The van der Waals surface area contributed by atoms with Crippen molar-refractivity contribution in [2.75, 3.05) is 7.05 Å². The lowest BCUT2D eigenvalue weighted by molar-refractivity contribution is 0.575. The van der Waals surface area contributed by atoms with Crippen LogP contribution in [0.4, 0.5) is 4.39 Å². The minimum absolute atomic E-state index is 0.0246. The standard InChI is InChI=1S/C13H15FN2O2S2/c1-15-8-10-4-5-11(14)7-13(10)20(17,18)16-9-12-3-2-6-19-12/h2-7,15-16H,8-9H2,1H3. The molecule has 4 nitrogen and oxygen atoms in total. The molecule has 1 aromatic carbocycles. The van der Waals surface area contributed by atoms with E-state index in [1.165, 1.54) is 23.5 Å². The SMILES string of the molecule is CNCc1ccc(F)cc1S(=O)(=O)NCc1cccs1. The largest absolute Gasteiger partial charge is 0.316 e. The normalized spacial score (nSPS) is 11.7. The number of sulfonamides is 1. The van der Waals surface area contributed by atoms with Gasteiger partial charge in [-0.05, 0) is 36.2 Å². The Morgan fingerprint density at radius 1 is 1.25 bits per heavy atom. The van der Waals surface area contributed by atoms with Crippen molar-refractivity contribution in [3.05, 3.63) is 52.0 Å². The van der Waals surface area contributed by atoms with Gasteiger partial charge in [0, 0.05) is 18.0 Å². The second-order valence-corrected chi connectivity index (χ2v) is 6.95. The molecular formula is C13H15FN2O2S2. The zero-order chi connectivity index (χ0) is 14.6. The Hall–Kier alpha value is -1.28. The van der Waals surface area contributed by atoms with Crippen LogP contribution in [0, 0.1) is 5.82 Å². The number of thiophene rings is 1. The summed E-state index contributed by atoms with van der Waals surface area (Å²) in [4.78, 5) is 0.878. The average molecular weight is 314 g/mol. The third-order valence-electron chi connectivity index (χ3n) is 2.70. The highest BCUT2D eigenvalue weighted by Crippen LogP contribution is 2.18. The monoisotopic (exact) mass is 314 g/mol. The fourth-order valence-electron chi connectivity index (χ4n) is 1.77. The molecule has 0 aliphatic carbocycles. The smallest absolute Gasteiger partial charge is 0.241 e. The Balaban J connectivity index is 2.26. The quantitative estimate of drug-likeness (QED) is 0.858. The Morgan fingerprint density at radius 3 is 2.70 bits per heavy atom. The number of rotatable bonds is 6. The van der Waals surface area contributed by atoms with E-state index in [0.717, 1.165) is 10.9 Å². The van der Waals surface area contributed by atoms with Crippen LogP contribution in [0.5, 0.6) is 0 Å². The Labute approximate surface area is 121 Å². The van der Waals surface area contributed by atoms with Gasteiger partial charge in [-0.1, -0.05) is 12.1 Å². The molecule has 0 fully saturated rings. The van der Waals surface area contributed by atoms with E-state index < -0.39 is 15.8 Å². The lowest BCUT2D eigenvalue weighted by Crippen LogP contribution is -2.25. The first kappa shape index (κ1) is 15.1. The van der Waals surface area contributed by atoms with E-state index in [1.807, 2.05) is 17.5 Å². The fourth-order valence-corrected chi connectivity index (χ4v) is 3.76. The molecule has 0 saturated heterocycles. The number of hydrogen-bond donors (Lipinski definition) is 2. The lowest BCUT2D eigenvalue weighted by Gasteiger charge is -2.11. The number of nitrogens with one attached hydrogen (secondary N) is 2. The van der Waals surface area contributed by atoms with Crippen LogP contribution in [-0.2, 0) is 23.1 Å². The van der Waals surface area contributed by atoms with Gasteiger partial charge in [0.1, 0.15) is 5.82 Å². The van der Waals surface area contributed by atoms with E-state index in [1.54, 1.807) is 7.05 Å². The van der Waals surface area contributed by atoms with Gasteiger partial charge in [-0.3, -0.25) is 0 Å². The summed E-state index contributed by atoms with van der Waals surface area (Å²) in [7, 11) is -2.03. The van der Waals surface area contributed by atoms with Crippen LogP contribution >= 0.6 is 11.3 Å². The molecule has 0 amide bonds. The van der Waals surface area contributed by atoms with Gasteiger partial charge < -0.3 is 5.32 Å². The molecule has 0 spiro atoms. The first-order valence-electron chi connectivity index (χ1n) is 5.98. The molecule has 2 aromatic rings. The lowest BCUT2D eigenvalue weighted by atomic mass is 10.2. The summed E-state index contributed by atoms with van der Waals surface area (Å²) in [6.07, 6.45) is 0. The van der Waals surface area contributed by atoms with Gasteiger partial charge in [0.2, 0.25) is 10.0 Å². The summed E-state index contributed by atoms with van der Waals surface area (Å²) in [5.41, 5.74) is 0.535. The molecule has 2 rings (SSSR count). The predicted octanol–water partition coefficient (Wildman–Crippen LogP) is 2.09. The van der Waals surface area contributed by atoms with E-state index in [4.69, 9.17) is 0 Å². The minimum atomic E-state index is -3.74. The summed E-state index contributed by atoms with van der Waals surface area (Å²) in [5.74, 6) is -0.568. The summed E-state index contributed by atoms with van der Waals surface area (Å²) >= 11 is 1.46. The Morgan fingerprint density at radius 2 is 2.05 bits per heavy atom. The molecule has 20 heavy (non-hydrogen) atoms.